The molecule has 2 aliphatic heterocycles. The van der Waals surface area contributed by atoms with Crippen LogP contribution in [0.5, 0.6) is 0 Å². The van der Waals surface area contributed by atoms with Gasteiger partial charge in [-0.25, -0.2) is 23.1 Å². The van der Waals surface area contributed by atoms with Crippen LogP contribution in [0, 0.1) is 11.7 Å². The Morgan fingerprint density at radius 2 is 2.21 bits per heavy atom. The number of benzene rings is 1. The van der Waals surface area contributed by atoms with Crippen LogP contribution in [-0.4, -0.2) is 53.2 Å². The summed E-state index contributed by atoms with van der Waals surface area (Å²) in [4.78, 5) is 24.4. The molecule has 0 spiro atoms. The van der Waals surface area contributed by atoms with Crippen molar-refractivity contribution >= 4 is 28.5 Å². The molecule has 0 bridgehead atoms. The number of hydrogen-bond donors (Lipinski definition) is 2. The van der Waals surface area contributed by atoms with Crippen LogP contribution in [0.2, 0.25) is 0 Å². The van der Waals surface area contributed by atoms with E-state index < -0.39 is 29.4 Å². The molecule has 0 aliphatic carbocycles. The van der Waals surface area contributed by atoms with Crippen LogP contribution in [0.25, 0.3) is 0 Å². The van der Waals surface area contributed by atoms with Crippen molar-refractivity contribution in [2.45, 2.75) is 24.5 Å². The highest BCUT2D eigenvalue weighted by molar-refractivity contribution is 8.13. The van der Waals surface area contributed by atoms with Crippen molar-refractivity contribution in [1.82, 2.24) is 9.97 Å². The molecule has 1 saturated heterocycles. The highest BCUT2D eigenvalue weighted by Gasteiger charge is 2.49. The summed E-state index contributed by atoms with van der Waals surface area (Å²) >= 11 is 1.41. The molecule has 4 rings (SSSR count). The molecular formula is C21H22F3N5O3S. The van der Waals surface area contributed by atoms with E-state index in [4.69, 9.17) is 15.2 Å². The number of ether oxygens (including phenoxy) is 2. The fraction of sp³-hybridized carbons (Fsp3) is 0.429. The third-order valence-electron chi connectivity index (χ3n) is 5.68. The monoisotopic (exact) mass is 481 g/mol. The van der Waals surface area contributed by atoms with Gasteiger partial charge in [-0.1, -0.05) is 11.8 Å². The first-order chi connectivity index (χ1) is 15.8. The Morgan fingerprint density at radius 3 is 2.91 bits per heavy atom. The summed E-state index contributed by atoms with van der Waals surface area (Å²) in [5.74, 6) is -0.591. The van der Waals surface area contributed by atoms with E-state index in [1.54, 1.807) is 7.11 Å². The largest absolute Gasteiger partial charge is 0.382 e. The zero-order valence-electron chi connectivity index (χ0n) is 17.6. The third-order valence-corrected chi connectivity index (χ3v) is 6.63. The van der Waals surface area contributed by atoms with E-state index in [9.17, 15) is 13.6 Å². The fourth-order valence-corrected chi connectivity index (χ4v) is 5.06. The Bertz CT molecular complexity index is 1060. The molecule has 1 fully saturated rings. The number of nitrogens with two attached hydrogens (primary N) is 1. The van der Waals surface area contributed by atoms with Crippen LogP contribution in [0.1, 0.15) is 34.6 Å². The summed E-state index contributed by atoms with van der Waals surface area (Å²) in [7, 11) is 1.59. The number of anilines is 1. The molecule has 33 heavy (non-hydrogen) atoms. The summed E-state index contributed by atoms with van der Waals surface area (Å²) in [6.07, 6.45) is -0.510. The number of aliphatic imine (C=N–C) groups is 1. The first-order valence-electron chi connectivity index (χ1n) is 10.1. The first kappa shape index (κ1) is 23.5. The summed E-state index contributed by atoms with van der Waals surface area (Å²) in [5, 5.41) is 2.94. The van der Waals surface area contributed by atoms with Gasteiger partial charge in [-0.3, -0.25) is 9.78 Å². The number of aromatic nitrogens is 2. The Labute approximate surface area is 192 Å². The molecule has 1 unspecified atom stereocenters. The van der Waals surface area contributed by atoms with Crippen molar-refractivity contribution in [3.8, 4) is 0 Å². The number of methoxy groups -OCH3 is 1. The number of hydrogen-bond acceptors (Lipinski definition) is 8. The normalized spacial score (nSPS) is 24.8. The Balaban J connectivity index is 1.62. The van der Waals surface area contributed by atoms with Crippen LogP contribution in [0.15, 0.2) is 35.6 Å². The minimum absolute atomic E-state index is 0.0584. The smallest absolute Gasteiger partial charge is 0.281 e. The van der Waals surface area contributed by atoms with Crippen LogP contribution in [0.4, 0.5) is 18.9 Å². The lowest BCUT2D eigenvalue weighted by atomic mass is 9.75. The van der Waals surface area contributed by atoms with E-state index in [0.29, 0.717) is 23.9 Å². The van der Waals surface area contributed by atoms with E-state index in [1.165, 1.54) is 30.0 Å². The van der Waals surface area contributed by atoms with E-state index in [0.717, 1.165) is 12.4 Å². The number of thioether (sulfide) groups is 1. The first-order valence-corrected chi connectivity index (χ1v) is 11.1. The number of fused-ring (bicyclic) bond motifs is 1. The lowest BCUT2D eigenvalue weighted by molar-refractivity contribution is -0.0836. The number of nitrogens with zero attached hydrogens (tertiary/aromatic N) is 3. The second kappa shape index (κ2) is 9.65. The quantitative estimate of drug-likeness (QED) is 0.652. The molecular weight excluding hydrogens is 459 g/mol. The number of amides is 1. The van der Waals surface area contributed by atoms with Crippen molar-refractivity contribution in [2.24, 2.45) is 16.6 Å². The van der Waals surface area contributed by atoms with E-state index in [1.807, 2.05) is 0 Å². The number of rotatable bonds is 6. The van der Waals surface area contributed by atoms with Crippen LogP contribution >= 0.6 is 11.8 Å². The lowest BCUT2D eigenvalue weighted by Crippen LogP contribution is -2.51. The van der Waals surface area contributed by atoms with Crippen molar-refractivity contribution < 1.29 is 27.4 Å². The minimum Gasteiger partial charge on any atom is -0.382 e. The molecule has 1 amide bonds. The molecule has 3 atom stereocenters. The highest BCUT2D eigenvalue weighted by Crippen LogP contribution is 2.47. The molecule has 8 nitrogen and oxygen atoms in total. The number of halogens is 3. The number of nitrogens with one attached hydrogen (secondary N) is 1. The van der Waals surface area contributed by atoms with Crippen molar-refractivity contribution in [1.29, 1.82) is 0 Å². The zero-order valence-corrected chi connectivity index (χ0v) is 18.4. The fourth-order valence-electron chi connectivity index (χ4n) is 4.05. The van der Waals surface area contributed by atoms with Gasteiger partial charge in [0.05, 0.1) is 31.7 Å². The van der Waals surface area contributed by atoms with Gasteiger partial charge in [0, 0.05) is 30.0 Å². The second-order valence-corrected chi connectivity index (χ2v) is 8.82. The van der Waals surface area contributed by atoms with E-state index >= 15 is 4.39 Å². The third kappa shape index (κ3) is 4.82. The molecule has 1 aromatic carbocycles. The van der Waals surface area contributed by atoms with Crippen molar-refractivity contribution in [3.63, 3.8) is 0 Å². The van der Waals surface area contributed by atoms with Crippen molar-refractivity contribution in [2.75, 3.05) is 31.4 Å². The number of carbonyl (C=O) groups excluding carboxylic acids is 1. The number of alkyl halides is 2. The van der Waals surface area contributed by atoms with E-state index in [2.05, 4.69) is 20.3 Å². The maximum Gasteiger partial charge on any atom is 0.281 e. The van der Waals surface area contributed by atoms with Gasteiger partial charge < -0.3 is 20.5 Å². The molecule has 12 heteroatoms. The molecule has 2 aliphatic rings. The van der Waals surface area contributed by atoms with Gasteiger partial charge in [0.1, 0.15) is 22.7 Å². The standard InChI is InChI=1S/C21H22F3N5O3S/c1-31-8-13-4-11-9-33-20(25)29-21(11,10-32-13)14-5-12(2-3-15(14)22)28-19(30)17-7-26-16(6-27-17)18(23)24/h2-3,5-7,11,13,18H,4,8-10H2,1H3,(H2,25,29)(H,28,30)/t11?,13-,21+/m1/s1. The van der Waals surface area contributed by atoms with Crippen LogP contribution in [0.3, 0.4) is 0 Å². The maximum atomic E-state index is 15.1. The minimum atomic E-state index is -2.79. The van der Waals surface area contributed by atoms with Gasteiger partial charge in [0.25, 0.3) is 12.3 Å². The number of amidine groups is 1. The van der Waals surface area contributed by atoms with E-state index in [-0.39, 0.29) is 35.6 Å². The summed E-state index contributed by atoms with van der Waals surface area (Å²) in [5.41, 5.74) is 4.83. The predicted molar refractivity (Wildman–Crippen MR) is 117 cm³/mol. The molecule has 1 aromatic heterocycles. The van der Waals surface area contributed by atoms with Crippen LogP contribution < -0.4 is 11.1 Å². The second-order valence-electron chi connectivity index (χ2n) is 7.78. The molecule has 0 saturated carbocycles. The van der Waals surface area contributed by atoms with Gasteiger partial charge in [0.2, 0.25) is 0 Å². The maximum absolute atomic E-state index is 15.1. The average molecular weight is 482 g/mol. The van der Waals surface area contributed by atoms with Crippen molar-refractivity contribution in [3.05, 3.63) is 53.4 Å². The van der Waals surface area contributed by atoms with Gasteiger partial charge >= 0.3 is 0 Å². The van der Waals surface area contributed by atoms with Gasteiger partial charge in [-0.2, -0.15) is 0 Å². The summed E-state index contributed by atoms with van der Waals surface area (Å²) in [6, 6.07) is 4.12. The molecule has 2 aromatic rings. The zero-order chi connectivity index (χ0) is 23.6. The average Bonchev–Trinajstić information content (AvgIpc) is 2.80. The van der Waals surface area contributed by atoms with Gasteiger partial charge in [-0.05, 0) is 24.6 Å². The number of carbonyl (C=O) groups is 1. The molecule has 176 valence electrons. The summed E-state index contributed by atoms with van der Waals surface area (Å²) in [6.45, 7) is 0.530. The molecule has 3 heterocycles. The van der Waals surface area contributed by atoms with Crippen LogP contribution in [-0.2, 0) is 15.0 Å². The lowest BCUT2D eigenvalue weighted by Gasteiger charge is -2.46. The molecule has 3 N–H and O–H groups in total. The predicted octanol–water partition coefficient (Wildman–Crippen LogP) is 3.11. The Hall–Kier alpha value is -2.70. The highest BCUT2D eigenvalue weighted by atomic mass is 32.2. The summed E-state index contributed by atoms with van der Waals surface area (Å²) < 4.78 is 51.5. The molecule has 0 radical (unpaired) electrons. The van der Waals surface area contributed by atoms with Gasteiger partial charge in [-0.15, -0.1) is 0 Å². The topological polar surface area (TPSA) is 112 Å². The van der Waals surface area contributed by atoms with Gasteiger partial charge in [0.15, 0.2) is 5.17 Å². The SMILES string of the molecule is COC[C@H]1CC2CSC(N)=N[C@@]2(c2cc(NC(=O)c3cnc(C(F)F)cn3)ccc2F)CO1. The Kier molecular flexibility index (Phi) is 6.86. The Morgan fingerprint density at radius 1 is 1.39 bits per heavy atom.